The molecule has 1 aromatic rings. The molecule has 19 heavy (non-hydrogen) atoms. The average molecular weight is 268 g/mol. The van der Waals surface area contributed by atoms with E-state index >= 15 is 0 Å². The molecule has 1 aromatic carbocycles. The van der Waals surface area contributed by atoms with E-state index in [9.17, 15) is 13.6 Å². The van der Waals surface area contributed by atoms with Crippen LogP contribution in [0.1, 0.15) is 36.8 Å². The van der Waals surface area contributed by atoms with Crippen molar-refractivity contribution in [1.82, 2.24) is 10.6 Å². The molecule has 0 bridgehead atoms. The first kappa shape index (κ1) is 13.9. The van der Waals surface area contributed by atoms with Crippen molar-refractivity contribution < 1.29 is 13.6 Å². The highest BCUT2D eigenvalue weighted by Crippen LogP contribution is 2.19. The van der Waals surface area contributed by atoms with Gasteiger partial charge in [0, 0.05) is 31.1 Å². The lowest BCUT2D eigenvalue weighted by molar-refractivity contribution is -0.121. The summed E-state index contributed by atoms with van der Waals surface area (Å²) in [5.74, 6) is 0.0522. The molecule has 0 aliphatic heterocycles. The smallest absolute Gasteiger partial charge is 0.263 e. The van der Waals surface area contributed by atoms with Crippen molar-refractivity contribution in [3.05, 3.63) is 35.4 Å². The second kappa shape index (κ2) is 6.61. The summed E-state index contributed by atoms with van der Waals surface area (Å²) in [6.45, 7) is 1.05. The largest absolute Gasteiger partial charge is 0.353 e. The van der Waals surface area contributed by atoms with Gasteiger partial charge in [0.05, 0.1) is 0 Å². The van der Waals surface area contributed by atoms with E-state index in [1.807, 2.05) is 0 Å². The van der Waals surface area contributed by atoms with Crippen molar-refractivity contribution in [3.8, 4) is 0 Å². The Labute approximate surface area is 111 Å². The van der Waals surface area contributed by atoms with Crippen LogP contribution in [0.3, 0.4) is 0 Å². The topological polar surface area (TPSA) is 41.1 Å². The summed E-state index contributed by atoms with van der Waals surface area (Å²) in [6, 6.07) is 6.70. The van der Waals surface area contributed by atoms with Gasteiger partial charge in [-0.3, -0.25) is 4.79 Å². The number of carbonyl (C=O) groups excluding carboxylic acids is 1. The van der Waals surface area contributed by atoms with Crippen LogP contribution in [0.2, 0.25) is 0 Å². The summed E-state index contributed by atoms with van der Waals surface area (Å²) in [5, 5.41) is 5.99. The molecular weight excluding hydrogens is 250 g/mol. The molecule has 0 saturated heterocycles. The molecule has 1 aliphatic rings. The van der Waals surface area contributed by atoms with E-state index in [0.717, 1.165) is 18.4 Å². The fourth-order valence-electron chi connectivity index (χ4n) is 1.80. The summed E-state index contributed by atoms with van der Waals surface area (Å²) in [7, 11) is 0. The van der Waals surface area contributed by atoms with Crippen LogP contribution in [0.25, 0.3) is 0 Å². The van der Waals surface area contributed by atoms with E-state index in [1.165, 1.54) is 12.1 Å². The van der Waals surface area contributed by atoms with Crippen LogP contribution >= 0.6 is 0 Å². The molecule has 0 atom stereocenters. The number of carbonyl (C=O) groups is 1. The standard InChI is InChI=1S/C14H18F2N2O/c15-14(16)11-3-1-2-10(8-11)9-17-7-6-13(19)18-12-4-5-12/h1-3,8,12,14,17H,4-7,9H2,(H,18,19). The fraction of sp³-hybridized carbons (Fsp3) is 0.500. The molecule has 0 aromatic heterocycles. The Morgan fingerprint density at radius 1 is 1.37 bits per heavy atom. The SMILES string of the molecule is O=C(CCNCc1cccc(C(F)F)c1)NC1CC1. The molecule has 1 amide bonds. The number of benzene rings is 1. The molecule has 5 heteroatoms. The summed E-state index contributed by atoms with van der Waals surface area (Å²) in [6.07, 6.45) is 0.147. The lowest BCUT2D eigenvalue weighted by Gasteiger charge is -2.07. The highest BCUT2D eigenvalue weighted by atomic mass is 19.3. The van der Waals surface area contributed by atoms with Crippen molar-refractivity contribution in [2.75, 3.05) is 6.54 Å². The number of alkyl halides is 2. The number of amides is 1. The molecule has 0 heterocycles. The molecule has 0 spiro atoms. The zero-order chi connectivity index (χ0) is 13.7. The van der Waals surface area contributed by atoms with Crippen LogP contribution in [0, 0.1) is 0 Å². The van der Waals surface area contributed by atoms with Gasteiger partial charge in [-0.25, -0.2) is 8.78 Å². The third-order valence-electron chi connectivity index (χ3n) is 3.00. The van der Waals surface area contributed by atoms with E-state index in [2.05, 4.69) is 10.6 Å². The van der Waals surface area contributed by atoms with E-state index < -0.39 is 6.43 Å². The Morgan fingerprint density at radius 3 is 2.84 bits per heavy atom. The number of hydrogen-bond acceptors (Lipinski definition) is 2. The Kier molecular flexibility index (Phi) is 4.85. The van der Waals surface area contributed by atoms with Gasteiger partial charge in [0.2, 0.25) is 5.91 Å². The van der Waals surface area contributed by atoms with Gasteiger partial charge in [0.1, 0.15) is 0 Å². The molecule has 1 aliphatic carbocycles. The van der Waals surface area contributed by atoms with Gasteiger partial charge in [-0.15, -0.1) is 0 Å². The maximum absolute atomic E-state index is 12.5. The predicted molar refractivity (Wildman–Crippen MR) is 68.9 cm³/mol. The highest BCUT2D eigenvalue weighted by Gasteiger charge is 2.22. The Morgan fingerprint density at radius 2 is 2.16 bits per heavy atom. The first-order valence-corrected chi connectivity index (χ1v) is 6.52. The number of nitrogens with one attached hydrogen (secondary N) is 2. The second-order valence-corrected chi connectivity index (χ2v) is 4.81. The molecule has 2 N–H and O–H groups in total. The highest BCUT2D eigenvalue weighted by molar-refractivity contribution is 5.76. The van der Waals surface area contributed by atoms with Crippen LogP contribution in [0.5, 0.6) is 0 Å². The fourth-order valence-corrected chi connectivity index (χ4v) is 1.80. The van der Waals surface area contributed by atoms with Gasteiger partial charge in [-0.2, -0.15) is 0 Å². The van der Waals surface area contributed by atoms with Gasteiger partial charge in [-0.1, -0.05) is 18.2 Å². The predicted octanol–water partition coefficient (Wildman–Crippen LogP) is 2.38. The Hall–Kier alpha value is -1.49. The van der Waals surface area contributed by atoms with Crippen LogP contribution in [0.4, 0.5) is 8.78 Å². The average Bonchev–Trinajstić information content (AvgIpc) is 3.19. The summed E-state index contributed by atoms with van der Waals surface area (Å²) < 4.78 is 25.0. The minimum absolute atomic E-state index is 0.0331. The van der Waals surface area contributed by atoms with Crippen molar-refractivity contribution in [3.63, 3.8) is 0 Å². The van der Waals surface area contributed by atoms with Crippen molar-refractivity contribution in [2.24, 2.45) is 0 Å². The normalized spacial score (nSPS) is 14.7. The Bertz CT molecular complexity index is 433. The van der Waals surface area contributed by atoms with Gasteiger partial charge in [0.25, 0.3) is 6.43 Å². The zero-order valence-electron chi connectivity index (χ0n) is 10.7. The summed E-state index contributed by atoms with van der Waals surface area (Å²) in [5.41, 5.74) is 0.839. The van der Waals surface area contributed by atoms with Crippen LogP contribution in [-0.2, 0) is 11.3 Å². The molecular formula is C14H18F2N2O. The van der Waals surface area contributed by atoms with Crippen LogP contribution < -0.4 is 10.6 Å². The summed E-state index contributed by atoms with van der Waals surface area (Å²) >= 11 is 0. The number of rotatable bonds is 7. The Balaban J connectivity index is 1.67. The number of halogens is 2. The first-order valence-electron chi connectivity index (χ1n) is 6.52. The molecule has 1 fully saturated rings. The third-order valence-corrected chi connectivity index (χ3v) is 3.00. The van der Waals surface area contributed by atoms with Crippen molar-refractivity contribution >= 4 is 5.91 Å². The third kappa shape index (κ3) is 4.95. The van der Waals surface area contributed by atoms with Gasteiger partial charge in [0.15, 0.2) is 0 Å². The first-order chi connectivity index (χ1) is 9.15. The van der Waals surface area contributed by atoms with Crippen molar-refractivity contribution in [1.29, 1.82) is 0 Å². The van der Waals surface area contributed by atoms with E-state index in [0.29, 0.717) is 25.6 Å². The van der Waals surface area contributed by atoms with E-state index in [-0.39, 0.29) is 11.5 Å². The molecule has 0 radical (unpaired) electrons. The van der Waals surface area contributed by atoms with Crippen molar-refractivity contribution in [2.45, 2.75) is 38.3 Å². The van der Waals surface area contributed by atoms with E-state index in [4.69, 9.17) is 0 Å². The lowest BCUT2D eigenvalue weighted by Crippen LogP contribution is -2.29. The molecule has 2 rings (SSSR count). The lowest BCUT2D eigenvalue weighted by atomic mass is 10.1. The molecule has 104 valence electrons. The molecule has 3 nitrogen and oxygen atoms in total. The minimum Gasteiger partial charge on any atom is -0.353 e. The van der Waals surface area contributed by atoms with Crippen LogP contribution in [0.15, 0.2) is 24.3 Å². The minimum atomic E-state index is -2.44. The maximum Gasteiger partial charge on any atom is 0.263 e. The molecule has 1 saturated carbocycles. The quantitative estimate of drug-likeness (QED) is 0.745. The van der Waals surface area contributed by atoms with Gasteiger partial charge in [-0.05, 0) is 24.5 Å². The van der Waals surface area contributed by atoms with Gasteiger partial charge < -0.3 is 10.6 Å². The monoisotopic (exact) mass is 268 g/mol. The van der Waals surface area contributed by atoms with Gasteiger partial charge >= 0.3 is 0 Å². The maximum atomic E-state index is 12.5. The van der Waals surface area contributed by atoms with E-state index in [1.54, 1.807) is 12.1 Å². The van der Waals surface area contributed by atoms with Crippen LogP contribution in [-0.4, -0.2) is 18.5 Å². The summed E-state index contributed by atoms with van der Waals surface area (Å²) in [4.78, 5) is 11.4. The number of hydrogen-bond donors (Lipinski definition) is 2. The second-order valence-electron chi connectivity index (χ2n) is 4.81. The molecule has 0 unspecified atom stereocenters. The zero-order valence-corrected chi connectivity index (χ0v) is 10.7.